The van der Waals surface area contributed by atoms with Crippen molar-refractivity contribution in [3.63, 3.8) is 0 Å². The zero-order valence-electron chi connectivity index (χ0n) is 12.6. The van der Waals surface area contributed by atoms with Gasteiger partial charge in [0, 0.05) is 19.1 Å². The molecule has 1 heterocycles. The highest BCUT2D eigenvalue weighted by Gasteiger charge is 2.27. The summed E-state index contributed by atoms with van der Waals surface area (Å²) in [4.78, 5) is 14.2. The fraction of sp³-hybridized carbons (Fsp3) is 0.588. The van der Waals surface area contributed by atoms with Crippen molar-refractivity contribution in [3.05, 3.63) is 35.9 Å². The summed E-state index contributed by atoms with van der Waals surface area (Å²) in [7, 11) is 0. The number of nitrogens with zero attached hydrogens (tertiary/aromatic N) is 1. The van der Waals surface area contributed by atoms with E-state index in [-0.39, 0.29) is 17.9 Å². The summed E-state index contributed by atoms with van der Waals surface area (Å²) in [5, 5.41) is 0. The summed E-state index contributed by atoms with van der Waals surface area (Å²) in [5.41, 5.74) is 7.23. The third-order valence-corrected chi connectivity index (χ3v) is 4.47. The maximum atomic E-state index is 12.3. The minimum atomic E-state index is -0.0688. The molecule has 0 radical (unpaired) electrons. The fourth-order valence-corrected chi connectivity index (χ4v) is 2.82. The number of nitrogens with two attached hydrogens (primary N) is 1. The van der Waals surface area contributed by atoms with Gasteiger partial charge in [-0.25, -0.2) is 0 Å². The average molecular weight is 274 g/mol. The number of likely N-dealkylation sites (tertiary alicyclic amines) is 1. The number of carbonyl (C=O) groups excluding carboxylic acids is 1. The van der Waals surface area contributed by atoms with E-state index in [9.17, 15) is 4.79 Å². The second kappa shape index (κ2) is 6.89. The molecule has 1 aromatic carbocycles. The van der Waals surface area contributed by atoms with E-state index in [1.807, 2.05) is 18.7 Å². The Hall–Kier alpha value is -1.35. The Morgan fingerprint density at radius 2 is 1.85 bits per heavy atom. The van der Waals surface area contributed by atoms with Crippen LogP contribution >= 0.6 is 0 Å². The molecule has 2 atom stereocenters. The standard InChI is InChI=1S/C17H26N2O/c1-13(14(2)18)17(20)19-10-8-16(9-11-19)12-15-6-4-3-5-7-15/h3-7,13-14,16H,8-12,18H2,1-2H3. The molecule has 0 aromatic heterocycles. The molecule has 1 fully saturated rings. The Morgan fingerprint density at radius 3 is 2.40 bits per heavy atom. The van der Waals surface area contributed by atoms with Gasteiger partial charge in [-0.2, -0.15) is 0 Å². The first kappa shape index (κ1) is 15.0. The Balaban J connectivity index is 1.82. The highest BCUT2D eigenvalue weighted by atomic mass is 16.2. The Kier molecular flexibility index (Phi) is 5.18. The van der Waals surface area contributed by atoms with Crippen LogP contribution < -0.4 is 5.73 Å². The molecule has 1 amide bonds. The lowest BCUT2D eigenvalue weighted by atomic mass is 9.89. The van der Waals surface area contributed by atoms with Crippen LogP contribution in [0.1, 0.15) is 32.3 Å². The molecule has 1 aliphatic heterocycles. The normalized spacial score (nSPS) is 19.6. The summed E-state index contributed by atoms with van der Waals surface area (Å²) in [6.45, 7) is 5.61. The molecule has 110 valence electrons. The molecule has 3 heteroatoms. The molecular weight excluding hydrogens is 248 g/mol. The average Bonchev–Trinajstić information content (AvgIpc) is 2.47. The lowest BCUT2D eigenvalue weighted by molar-refractivity contribution is -0.136. The number of piperidine rings is 1. The molecule has 3 nitrogen and oxygen atoms in total. The van der Waals surface area contributed by atoms with Crippen molar-refractivity contribution in [2.75, 3.05) is 13.1 Å². The van der Waals surface area contributed by atoms with Gasteiger partial charge in [0.25, 0.3) is 0 Å². The lowest BCUT2D eigenvalue weighted by Gasteiger charge is -2.34. The van der Waals surface area contributed by atoms with Gasteiger partial charge in [-0.3, -0.25) is 4.79 Å². The van der Waals surface area contributed by atoms with Gasteiger partial charge in [-0.05, 0) is 37.7 Å². The fourth-order valence-electron chi connectivity index (χ4n) is 2.82. The second-order valence-electron chi connectivity index (χ2n) is 6.11. The van der Waals surface area contributed by atoms with Gasteiger partial charge in [-0.1, -0.05) is 37.3 Å². The van der Waals surface area contributed by atoms with Crippen LogP contribution in [0.3, 0.4) is 0 Å². The third-order valence-electron chi connectivity index (χ3n) is 4.47. The zero-order valence-corrected chi connectivity index (χ0v) is 12.6. The highest BCUT2D eigenvalue weighted by Crippen LogP contribution is 2.23. The van der Waals surface area contributed by atoms with Gasteiger partial charge in [0.1, 0.15) is 0 Å². The van der Waals surface area contributed by atoms with Crippen LogP contribution in [0.15, 0.2) is 30.3 Å². The SMILES string of the molecule is CC(N)C(C)C(=O)N1CCC(Cc2ccccc2)CC1. The highest BCUT2D eigenvalue weighted by molar-refractivity contribution is 5.79. The van der Waals surface area contributed by atoms with E-state index in [0.29, 0.717) is 5.92 Å². The van der Waals surface area contributed by atoms with Gasteiger partial charge in [0.05, 0.1) is 5.92 Å². The molecule has 1 saturated heterocycles. The van der Waals surface area contributed by atoms with Crippen LogP contribution in [-0.2, 0) is 11.2 Å². The minimum absolute atomic E-state index is 0.0652. The maximum Gasteiger partial charge on any atom is 0.226 e. The topological polar surface area (TPSA) is 46.3 Å². The predicted octanol–water partition coefficient (Wildman–Crippen LogP) is 2.45. The summed E-state index contributed by atoms with van der Waals surface area (Å²) in [5.74, 6) is 0.853. The van der Waals surface area contributed by atoms with Crippen LogP contribution in [0.5, 0.6) is 0 Å². The Labute approximate surface area is 122 Å². The van der Waals surface area contributed by atoms with Crippen LogP contribution in [-0.4, -0.2) is 29.9 Å². The molecule has 0 spiro atoms. The molecule has 0 bridgehead atoms. The molecule has 2 unspecified atom stereocenters. The lowest BCUT2D eigenvalue weighted by Crippen LogP contribution is -2.45. The van der Waals surface area contributed by atoms with E-state index in [2.05, 4.69) is 30.3 Å². The summed E-state index contributed by atoms with van der Waals surface area (Å²) in [6, 6.07) is 10.6. The molecule has 1 aromatic rings. The van der Waals surface area contributed by atoms with Gasteiger partial charge in [0.2, 0.25) is 5.91 Å². The van der Waals surface area contributed by atoms with E-state index < -0.39 is 0 Å². The van der Waals surface area contributed by atoms with Crippen LogP contribution in [0.4, 0.5) is 0 Å². The van der Waals surface area contributed by atoms with E-state index in [0.717, 1.165) is 32.4 Å². The van der Waals surface area contributed by atoms with Gasteiger partial charge < -0.3 is 10.6 Å². The smallest absolute Gasteiger partial charge is 0.226 e. The van der Waals surface area contributed by atoms with E-state index in [1.54, 1.807) is 0 Å². The van der Waals surface area contributed by atoms with Crippen molar-refractivity contribution < 1.29 is 4.79 Å². The van der Waals surface area contributed by atoms with E-state index in [1.165, 1.54) is 5.56 Å². The number of hydrogen-bond acceptors (Lipinski definition) is 2. The molecule has 0 aliphatic carbocycles. The minimum Gasteiger partial charge on any atom is -0.342 e. The summed E-state index contributed by atoms with van der Waals surface area (Å²) >= 11 is 0. The van der Waals surface area contributed by atoms with Crippen LogP contribution in [0, 0.1) is 11.8 Å². The molecular formula is C17H26N2O. The van der Waals surface area contributed by atoms with Crippen molar-refractivity contribution in [1.29, 1.82) is 0 Å². The summed E-state index contributed by atoms with van der Waals surface area (Å²) < 4.78 is 0. The predicted molar refractivity (Wildman–Crippen MR) is 82.3 cm³/mol. The number of benzene rings is 1. The van der Waals surface area contributed by atoms with Crippen molar-refractivity contribution in [1.82, 2.24) is 4.90 Å². The first-order chi connectivity index (χ1) is 9.58. The largest absolute Gasteiger partial charge is 0.342 e. The van der Waals surface area contributed by atoms with E-state index in [4.69, 9.17) is 5.73 Å². The monoisotopic (exact) mass is 274 g/mol. The number of amides is 1. The van der Waals surface area contributed by atoms with E-state index >= 15 is 0 Å². The molecule has 20 heavy (non-hydrogen) atoms. The van der Waals surface area contributed by atoms with Crippen molar-refractivity contribution in [2.45, 2.75) is 39.2 Å². The van der Waals surface area contributed by atoms with Crippen molar-refractivity contribution >= 4 is 5.91 Å². The van der Waals surface area contributed by atoms with Gasteiger partial charge >= 0.3 is 0 Å². The quantitative estimate of drug-likeness (QED) is 0.916. The zero-order chi connectivity index (χ0) is 14.5. The van der Waals surface area contributed by atoms with Gasteiger partial charge in [0.15, 0.2) is 0 Å². The number of carbonyl (C=O) groups is 1. The summed E-state index contributed by atoms with van der Waals surface area (Å²) in [6.07, 6.45) is 3.34. The molecule has 1 aliphatic rings. The molecule has 2 rings (SSSR count). The van der Waals surface area contributed by atoms with Crippen LogP contribution in [0.2, 0.25) is 0 Å². The molecule has 0 saturated carbocycles. The van der Waals surface area contributed by atoms with Gasteiger partial charge in [-0.15, -0.1) is 0 Å². The Bertz CT molecular complexity index is 422. The third kappa shape index (κ3) is 3.83. The Morgan fingerprint density at radius 1 is 1.25 bits per heavy atom. The van der Waals surface area contributed by atoms with Crippen molar-refractivity contribution in [2.24, 2.45) is 17.6 Å². The number of rotatable bonds is 4. The first-order valence-corrected chi connectivity index (χ1v) is 7.66. The van der Waals surface area contributed by atoms with Crippen molar-refractivity contribution in [3.8, 4) is 0 Å². The maximum absolute atomic E-state index is 12.3. The first-order valence-electron chi connectivity index (χ1n) is 7.66. The molecule has 2 N–H and O–H groups in total. The second-order valence-corrected chi connectivity index (χ2v) is 6.11. The number of hydrogen-bond donors (Lipinski definition) is 1. The van der Waals surface area contributed by atoms with Crippen LogP contribution in [0.25, 0.3) is 0 Å².